The van der Waals surface area contributed by atoms with E-state index in [1.54, 1.807) is 42.5 Å². The number of halogens is 4. The van der Waals surface area contributed by atoms with Crippen molar-refractivity contribution >= 4 is 57.9 Å². The van der Waals surface area contributed by atoms with Crippen LogP contribution in [-0.2, 0) is 27.5 Å². The molecule has 0 radical (unpaired) electrons. The summed E-state index contributed by atoms with van der Waals surface area (Å²) in [5, 5.41) is 1.56. The lowest BCUT2D eigenvalue weighted by Gasteiger charge is -2.15. The van der Waals surface area contributed by atoms with Gasteiger partial charge in [-0.3, -0.25) is 0 Å². The van der Waals surface area contributed by atoms with Crippen molar-refractivity contribution in [1.29, 1.82) is 0 Å². The summed E-state index contributed by atoms with van der Waals surface area (Å²) in [6.07, 6.45) is 1.33. The van der Waals surface area contributed by atoms with Crippen molar-refractivity contribution in [2.24, 2.45) is 0 Å². The zero-order chi connectivity index (χ0) is 24.7. The Hall–Kier alpha value is -2.57. The molecule has 0 aliphatic rings. The van der Waals surface area contributed by atoms with E-state index in [4.69, 9.17) is 65.4 Å². The second-order valence-corrected chi connectivity index (χ2v) is 8.60. The largest absolute Gasteiger partial charge is 0.503 e. The molecule has 0 saturated carbocycles. The average Bonchev–Trinajstić information content (AvgIpc) is 2.81. The third-order valence-corrected chi connectivity index (χ3v) is 5.85. The molecule has 3 rings (SSSR count). The molecule has 0 spiro atoms. The zero-order valence-electron chi connectivity index (χ0n) is 18.2. The lowest BCUT2D eigenvalue weighted by atomic mass is 10.0. The van der Waals surface area contributed by atoms with Crippen LogP contribution < -0.4 is 9.47 Å². The summed E-state index contributed by atoms with van der Waals surface area (Å²) in [5.74, 6) is 0.206. The topological polar surface area (TPSA) is 54.0 Å². The fraction of sp³-hybridized carbons (Fsp3) is 0.160. The van der Waals surface area contributed by atoms with Crippen LogP contribution in [0.4, 0.5) is 0 Å². The number of benzene rings is 3. The van der Waals surface area contributed by atoms with Gasteiger partial charge in [-0.15, -0.1) is 0 Å². The highest BCUT2D eigenvalue weighted by atomic mass is 35.5. The average molecular weight is 542 g/mol. The highest BCUT2D eigenvalue weighted by Crippen LogP contribution is 2.38. The molecule has 0 N–H and O–H groups in total. The normalized spacial score (nSPS) is 11.2. The second kappa shape index (κ2) is 12.2. The van der Waals surface area contributed by atoms with Gasteiger partial charge >= 0.3 is 5.97 Å². The van der Waals surface area contributed by atoms with Gasteiger partial charge in [-0.1, -0.05) is 76.7 Å². The van der Waals surface area contributed by atoms with Crippen LogP contribution in [-0.4, -0.2) is 20.2 Å². The molecule has 0 aromatic heterocycles. The van der Waals surface area contributed by atoms with Crippen molar-refractivity contribution in [2.45, 2.75) is 13.2 Å². The molecule has 0 aliphatic heterocycles. The summed E-state index contributed by atoms with van der Waals surface area (Å²) >= 11 is 24.9. The zero-order valence-corrected chi connectivity index (χ0v) is 21.3. The van der Waals surface area contributed by atoms with Crippen molar-refractivity contribution in [3.63, 3.8) is 0 Å². The van der Waals surface area contributed by atoms with Gasteiger partial charge in [0.25, 0.3) is 0 Å². The predicted octanol–water partition coefficient (Wildman–Crippen LogP) is 7.62. The summed E-state index contributed by atoms with van der Waals surface area (Å²) in [6, 6.07) is 15.6. The fourth-order valence-corrected chi connectivity index (χ4v) is 4.11. The van der Waals surface area contributed by atoms with Gasteiger partial charge in [0, 0.05) is 27.7 Å². The van der Waals surface area contributed by atoms with Crippen LogP contribution in [0.1, 0.15) is 16.7 Å². The van der Waals surface area contributed by atoms with Crippen LogP contribution in [0.25, 0.3) is 5.57 Å². The molecule has 3 aromatic rings. The van der Waals surface area contributed by atoms with E-state index < -0.39 is 5.97 Å². The van der Waals surface area contributed by atoms with E-state index in [2.05, 4.69) is 0 Å². The van der Waals surface area contributed by atoms with E-state index in [9.17, 15) is 4.79 Å². The maximum Gasteiger partial charge on any atom is 0.341 e. The van der Waals surface area contributed by atoms with Crippen LogP contribution in [0.5, 0.6) is 11.5 Å². The summed E-state index contributed by atoms with van der Waals surface area (Å²) < 4.78 is 21.6. The van der Waals surface area contributed by atoms with Gasteiger partial charge in [0.15, 0.2) is 5.75 Å². The highest BCUT2D eigenvalue weighted by molar-refractivity contribution is 6.37. The molecule has 5 nitrogen and oxygen atoms in total. The molecule has 9 heteroatoms. The van der Waals surface area contributed by atoms with Gasteiger partial charge in [0.2, 0.25) is 0 Å². The Morgan fingerprint density at radius 3 is 2.15 bits per heavy atom. The molecule has 0 amide bonds. The van der Waals surface area contributed by atoms with Crippen LogP contribution in [0.3, 0.4) is 0 Å². The minimum atomic E-state index is -0.525. The first-order valence-corrected chi connectivity index (χ1v) is 11.4. The van der Waals surface area contributed by atoms with E-state index in [1.807, 2.05) is 12.1 Å². The van der Waals surface area contributed by atoms with Gasteiger partial charge < -0.3 is 18.9 Å². The molecular weight excluding hydrogens is 522 g/mol. The molecule has 0 unspecified atom stereocenters. The summed E-state index contributed by atoms with van der Waals surface area (Å²) in [4.78, 5) is 12.2. The van der Waals surface area contributed by atoms with Gasteiger partial charge in [-0.05, 0) is 23.3 Å². The predicted molar refractivity (Wildman–Crippen MR) is 135 cm³/mol. The van der Waals surface area contributed by atoms with Crippen LogP contribution in [0.15, 0.2) is 60.9 Å². The standard InChI is InChI=1S/C25H20Cl4O5/c1-31-14-20(25(30)32-2)19-6-4-3-5-15(19)12-33-18-10-22(28)24(23(29)11-18)34-13-16-7-8-17(26)9-21(16)27/h3-11,14H,12-13H2,1-2H3/b20-14+. The fourth-order valence-electron chi connectivity index (χ4n) is 3.07. The number of methoxy groups -OCH3 is 2. The van der Waals surface area contributed by atoms with Gasteiger partial charge in [0.05, 0.1) is 30.5 Å². The summed E-state index contributed by atoms with van der Waals surface area (Å²) in [7, 11) is 2.76. The lowest BCUT2D eigenvalue weighted by molar-refractivity contribution is -0.133. The number of hydrogen-bond acceptors (Lipinski definition) is 5. The van der Waals surface area contributed by atoms with E-state index >= 15 is 0 Å². The molecule has 178 valence electrons. The Balaban J connectivity index is 1.76. The van der Waals surface area contributed by atoms with E-state index in [0.29, 0.717) is 27.1 Å². The van der Waals surface area contributed by atoms with Crippen molar-refractivity contribution in [3.8, 4) is 11.5 Å². The van der Waals surface area contributed by atoms with Crippen LogP contribution >= 0.6 is 46.4 Å². The molecule has 0 atom stereocenters. The minimum absolute atomic E-state index is 0.140. The van der Waals surface area contributed by atoms with Crippen molar-refractivity contribution < 1.29 is 23.7 Å². The lowest BCUT2D eigenvalue weighted by Crippen LogP contribution is -2.08. The van der Waals surface area contributed by atoms with Gasteiger partial charge in [-0.25, -0.2) is 4.79 Å². The molecule has 34 heavy (non-hydrogen) atoms. The van der Waals surface area contributed by atoms with Gasteiger partial charge in [0.1, 0.15) is 24.5 Å². The monoisotopic (exact) mass is 540 g/mol. The molecular formula is C25H20Cl4O5. The van der Waals surface area contributed by atoms with Crippen molar-refractivity contribution in [1.82, 2.24) is 0 Å². The summed E-state index contributed by atoms with van der Waals surface area (Å²) in [6.45, 7) is 0.298. The Kier molecular flexibility index (Phi) is 9.36. The third-order valence-electron chi connectivity index (χ3n) is 4.70. The SMILES string of the molecule is CO/C=C(/C(=O)OC)c1ccccc1COc1cc(Cl)c(OCc2ccc(Cl)cc2Cl)c(Cl)c1. The maximum atomic E-state index is 12.2. The number of hydrogen-bond donors (Lipinski definition) is 0. The number of carbonyl (C=O) groups excluding carboxylic acids is 1. The summed E-state index contributed by atoms with van der Waals surface area (Å²) in [5.41, 5.74) is 2.36. The number of esters is 1. The molecule has 0 saturated heterocycles. The van der Waals surface area contributed by atoms with Crippen molar-refractivity contribution in [3.05, 3.63) is 97.6 Å². The minimum Gasteiger partial charge on any atom is -0.503 e. The van der Waals surface area contributed by atoms with E-state index in [0.717, 1.165) is 11.1 Å². The first-order valence-electron chi connectivity index (χ1n) is 9.92. The number of ether oxygens (including phenoxy) is 4. The van der Waals surface area contributed by atoms with Crippen molar-refractivity contribution in [2.75, 3.05) is 14.2 Å². The third kappa shape index (κ3) is 6.51. The smallest absolute Gasteiger partial charge is 0.341 e. The molecule has 0 aliphatic carbocycles. The van der Waals surface area contributed by atoms with E-state index in [1.165, 1.54) is 20.5 Å². The number of rotatable bonds is 9. The molecule has 0 bridgehead atoms. The molecule has 3 aromatic carbocycles. The molecule has 0 fully saturated rings. The first-order chi connectivity index (χ1) is 16.3. The molecule has 0 heterocycles. The highest BCUT2D eigenvalue weighted by Gasteiger charge is 2.18. The quantitative estimate of drug-likeness (QED) is 0.158. The number of carbonyl (C=O) groups is 1. The van der Waals surface area contributed by atoms with Crippen LogP contribution in [0, 0.1) is 0 Å². The Labute approximate surface area is 217 Å². The van der Waals surface area contributed by atoms with Crippen LogP contribution in [0.2, 0.25) is 20.1 Å². The Morgan fingerprint density at radius 1 is 0.824 bits per heavy atom. The Bertz CT molecular complexity index is 1190. The second-order valence-electron chi connectivity index (χ2n) is 6.95. The first kappa shape index (κ1) is 26.0. The maximum absolute atomic E-state index is 12.2. The Morgan fingerprint density at radius 2 is 1.50 bits per heavy atom. The van der Waals surface area contributed by atoms with Gasteiger partial charge in [-0.2, -0.15) is 0 Å². The van der Waals surface area contributed by atoms with E-state index in [-0.39, 0.29) is 28.8 Å².